The van der Waals surface area contributed by atoms with Gasteiger partial charge in [-0.1, -0.05) is 32.6 Å². The van der Waals surface area contributed by atoms with Crippen molar-refractivity contribution in [1.82, 2.24) is 15.1 Å². The van der Waals surface area contributed by atoms with E-state index >= 15 is 0 Å². The molecule has 0 radical (unpaired) electrons. The zero-order valence-corrected chi connectivity index (χ0v) is 12.0. The first-order valence-electron chi connectivity index (χ1n) is 7.15. The Balaban J connectivity index is 2.21. The van der Waals surface area contributed by atoms with Crippen LogP contribution in [0.15, 0.2) is 6.20 Å². The lowest BCUT2D eigenvalue weighted by Crippen LogP contribution is -2.16. The summed E-state index contributed by atoms with van der Waals surface area (Å²) < 4.78 is 26.0. The average molecular weight is 273 g/mol. The van der Waals surface area contributed by atoms with Crippen molar-refractivity contribution in [2.24, 2.45) is 0 Å². The molecule has 0 aliphatic rings. The summed E-state index contributed by atoms with van der Waals surface area (Å²) in [6, 6.07) is 0. The first-order valence-corrected chi connectivity index (χ1v) is 7.15. The van der Waals surface area contributed by atoms with E-state index in [2.05, 4.69) is 17.3 Å². The van der Waals surface area contributed by atoms with E-state index in [1.165, 1.54) is 36.8 Å². The summed E-state index contributed by atoms with van der Waals surface area (Å²) in [6.07, 6.45) is 5.62. The van der Waals surface area contributed by atoms with Gasteiger partial charge in [0.1, 0.15) is 6.54 Å². The Kier molecular flexibility index (Phi) is 7.63. The molecule has 0 aromatic carbocycles. The maximum absolute atomic E-state index is 12.3. The van der Waals surface area contributed by atoms with E-state index in [4.69, 9.17) is 0 Å². The molecular weight excluding hydrogens is 248 g/mol. The van der Waals surface area contributed by atoms with Crippen LogP contribution in [-0.2, 0) is 13.1 Å². The van der Waals surface area contributed by atoms with Crippen LogP contribution >= 0.6 is 0 Å². The minimum atomic E-state index is -2.35. The molecule has 3 nitrogen and oxygen atoms in total. The van der Waals surface area contributed by atoms with Crippen molar-refractivity contribution in [2.75, 3.05) is 6.54 Å². The van der Waals surface area contributed by atoms with Gasteiger partial charge in [0.2, 0.25) is 0 Å². The van der Waals surface area contributed by atoms with Crippen molar-refractivity contribution in [1.29, 1.82) is 0 Å². The summed E-state index contributed by atoms with van der Waals surface area (Å²) in [5.41, 5.74) is 1.84. The average Bonchev–Trinajstić information content (AvgIpc) is 2.70. The van der Waals surface area contributed by atoms with Gasteiger partial charge in [0.05, 0.1) is 6.20 Å². The highest BCUT2D eigenvalue weighted by atomic mass is 19.3. The summed E-state index contributed by atoms with van der Waals surface area (Å²) >= 11 is 0. The van der Waals surface area contributed by atoms with Crippen LogP contribution in [0.1, 0.15) is 50.3 Å². The van der Waals surface area contributed by atoms with Gasteiger partial charge in [-0.3, -0.25) is 4.68 Å². The summed E-state index contributed by atoms with van der Waals surface area (Å²) in [5.74, 6) is 0. The number of hydrogen-bond donors (Lipinski definition) is 1. The van der Waals surface area contributed by atoms with Crippen LogP contribution in [0.5, 0.6) is 0 Å². The Morgan fingerprint density at radius 1 is 1.26 bits per heavy atom. The lowest BCUT2D eigenvalue weighted by atomic mass is 10.1. The minimum Gasteiger partial charge on any atom is -0.313 e. The summed E-state index contributed by atoms with van der Waals surface area (Å²) in [5, 5.41) is 7.34. The SMILES string of the molecule is CCCCCCCNCc1cnn(CC(F)F)c1C. The number of nitrogens with one attached hydrogen (secondary N) is 1. The number of nitrogens with zero attached hydrogens (tertiary/aromatic N) is 2. The number of halogens is 2. The van der Waals surface area contributed by atoms with E-state index in [9.17, 15) is 8.78 Å². The molecule has 1 rings (SSSR count). The van der Waals surface area contributed by atoms with Gasteiger partial charge >= 0.3 is 0 Å². The van der Waals surface area contributed by atoms with E-state index in [1.54, 1.807) is 6.20 Å². The van der Waals surface area contributed by atoms with Crippen molar-refractivity contribution in [3.05, 3.63) is 17.5 Å². The summed E-state index contributed by atoms with van der Waals surface area (Å²) in [7, 11) is 0. The summed E-state index contributed by atoms with van der Waals surface area (Å²) in [6.45, 7) is 5.42. The molecule has 0 unspecified atom stereocenters. The van der Waals surface area contributed by atoms with E-state index in [-0.39, 0.29) is 6.54 Å². The van der Waals surface area contributed by atoms with Gasteiger partial charge in [-0.25, -0.2) is 8.78 Å². The lowest BCUT2D eigenvalue weighted by Gasteiger charge is -2.06. The second-order valence-corrected chi connectivity index (χ2v) is 4.92. The zero-order chi connectivity index (χ0) is 14.1. The highest BCUT2D eigenvalue weighted by molar-refractivity contribution is 5.15. The van der Waals surface area contributed by atoms with Crippen LogP contribution in [0.3, 0.4) is 0 Å². The molecule has 0 fully saturated rings. The second-order valence-electron chi connectivity index (χ2n) is 4.92. The van der Waals surface area contributed by atoms with Crippen LogP contribution in [0, 0.1) is 6.92 Å². The molecule has 0 saturated heterocycles. The predicted molar refractivity (Wildman–Crippen MR) is 73.4 cm³/mol. The molecule has 1 N–H and O–H groups in total. The van der Waals surface area contributed by atoms with E-state index in [0.717, 1.165) is 17.8 Å². The van der Waals surface area contributed by atoms with Crippen LogP contribution < -0.4 is 5.32 Å². The number of rotatable bonds is 10. The Morgan fingerprint density at radius 2 is 2.00 bits per heavy atom. The van der Waals surface area contributed by atoms with E-state index in [1.807, 2.05) is 6.92 Å². The first kappa shape index (κ1) is 16.1. The number of hydrogen-bond acceptors (Lipinski definition) is 2. The lowest BCUT2D eigenvalue weighted by molar-refractivity contribution is 0.121. The standard InChI is InChI=1S/C14H25F2N3/c1-3-4-5-6-7-8-17-9-13-10-18-19(12(13)2)11-14(15)16/h10,14,17H,3-9,11H2,1-2H3. The molecular formula is C14H25F2N3. The molecule has 0 amide bonds. The number of aromatic nitrogens is 2. The van der Waals surface area contributed by atoms with Gasteiger partial charge in [-0.2, -0.15) is 5.10 Å². The molecule has 0 aliphatic carbocycles. The van der Waals surface area contributed by atoms with Crippen LogP contribution in [-0.4, -0.2) is 22.8 Å². The molecule has 110 valence electrons. The molecule has 1 aromatic heterocycles. The molecule has 0 saturated carbocycles. The molecule has 0 aliphatic heterocycles. The topological polar surface area (TPSA) is 29.9 Å². The maximum Gasteiger partial charge on any atom is 0.257 e. The number of unbranched alkanes of at least 4 members (excludes halogenated alkanes) is 4. The highest BCUT2D eigenvalue weighted by Gasteiger charge is 2.10. The van der Waals surface area contributed by atoms with Gasteiger partial charge in [0, 0.05) is 17.8 Å². The second kappa shape index (κ2) is 9.02. The largest absolute Gasteiger partial charge is 0.313 e. The Bertz CT molecular complexity index is 350. The first-order chi connectivity index (χ1) is 9.15. The van der Waals surface area contributed by atoms with Crippen molar-refractivity contribution in [3.63, 3.8) is 0 Å². The van der Waals surface area contributed by atoms with Crippen molar-refractivity contribution < 1.29 is 8.78 Å². The van der Waals surface area contributed by atoms with E-state index < -0.39 is 6.43 Å². The van der Waals surface area contributed by atoms with Gasteiger partial charge < -0.3 is 5.32 Å². The fraction of sp³-hybridized carbons (Fsp3) is 0.786. The Morgan fingerprint density at radius 3 is 2.68 bits per heavy atom. The molecule has 0 spiro atoms. The smallest absolute Gasteiger partial charge is 0.257 e. The van der Waals surface area contributed by atoms with Crippen LogP contribution in [0.25, 0.3) is 0 Å². The predicted octanol–water partition coefficient (Wildman–Crippen LogP) is 3.52. The third-order valence-corrected chi connectivity index (χ3v) is 3.29. The fourth-order valence-electron chi connectivity index (χ4n) is 2.05. The third-order valence-electron chi connectivity index (χ3n) is 3.29. The molecule has 19 heavy (non-hydrogen) atoms. The third kappa shape index (κ3) is 6.14. The van der Waals surface area contributed by atoms with Crippen LogP contribution in [0.2, 0.25) is 0 Å². The monoisotopic (exact) mass is 273 g/mol. The normalized spacial score (nSPS) is 11.4. The summed E-state index contributed by atoms with van der Waals surface area (Å²) in [4.78, 5) is 0. The van der Waals surface area contributed by atoms with Gasteiger partial charge in [0.25, 0.3) is 6.43 Å². The molecule has 5 heteroatoms. The molecule has 0 atom stereocenters. The minimum absolute atomic E-state index is 0.317. The highest BCUT2D eigenvalue weighted by Crippen LogP contribution is 2.09. The quantitative estimate of drug-likeness (QED) is 0.661. The van der Waals surface area contributed by atoms with Gasteiger partial charge in [-0.05, 0) is 19.9 Å². The van der Waals surface area contributed by atoms with Crippen molar-refractivity contribution in [2.45, 2.75) is 65.5 Å². The molecule has 0 bridgehead atoms. The van der Waals surface area contributed by atoms with Crippen LogP contribution in [0.4, 0.5) is 8.78 Å². The maximum atomic E-state index is 12.3. The van der Waals surface area contributed by atoms with Gasteiger partial charge in [0.15, 0.2) is 0 Å². The Hall–Kier alpha value is -0.970. The van der Waals surface area contributed by atoms with Gasteiger partial charge in [-0.15, -0.1) is 0 Å². The van der Waals surface area contributed by atoms with Crippen molar-refractivity contribution in [3.8, 4) is 0 Å². The zero-order valence-electron chi connectivity index (χ0n) is 12.0. The fourth-order valence-corrected chi connectivity index (χ4v) is 2.05. The number of alkyl halides is 2. The molecule has 1 aromatic rings. The van der Waals surface area contributed by atoms with E-state index in [0.29, 0.717) is 6.54 Å². The Labute approximate surface area is 114 Å². The van der Waals surface area contributed by atoms with Crippen molar-refractivity contribution >= 4 is 0 Å². The molecule has 1 heterocycles.